The Morgan fingerprint density at radius 1 is 1.46 bits per heavy atom. The second-order valence-electron chi connectivity index (χ2n) is 4.66. The number of aromatic carboxylic acids is 1. The van der Waals surface area contributed by atoms with Crippen LogP contribution in [0.3, 0.4) is 0 Å². The monoisotopic (exact) mass is 375 g/mol. The van der Waals surface area contributed by atoms with Gasteiger partial charge >= 0.3 is 5.97 Å². The van der Waals surface area contributed by atoms with Crippen LogP contribution in [0, 0.1) is 0 Å². The maximum atomic E-state index is 12.2. The Hall–Kier alpha value is -2.06. The van der Waals surface area contributed by atoms with E-state index in [1.54, 1.807) is 6.92 Å². The second-order valence-corrected chi connectivity index (χ2v) is 7.29. The number of nitrogens with zero attached hydrogens (tertiary/aromatic N) is 1. The Bertz CT molecular complexity index is 757. The summed E-state index contributed by atoms with van der Waals surface area (Å²) < 4.78 is 29.7. The number of ether oxygens (including phenoxy) is 1. The molecule has 0 saturated heterocycles. The first-order valence-corrected chi connectivity index (χ1v) is 8.95. The number of carbonyl (C=O) groups is 1. The molecule has 0 atom stereocenters. The summed E-state index contributed by atoms with van der Waals surface area (Å²) in [6.45, 7) is 6.63. The van der Waals surface area contributed by atoms with Crippen molar-refractivity contribution in [2.45, 2.75) is 18.7 Å². The first-order valence-electron chi connectivity index (χ1n) is 6.92. The van der Waals surface area contributed by atoms with Crippen molar-refractivity contribution in [2.24, 2.45) is 5.16 Å². The predicted molar refractivity (Wildman–Crippen MR) is 90.9 cm³/mol. The fraction of sp³-hybridized carbons (Fsp3) is 0.333. The van der Waals surface area contributed by atoms with Crippen LogP contribution in [0.4, 0.5) is 0 Å². The van der Waals surface area contributed by atoms with E-state index in [9.17, 15) is 13.2 Å². The highest BCUT2D eigenvalue weighted by Gasteiger charge is 2.24. The van der Waals surface area contributed by atoms with Crippen molar-refractivity contribution in [3.05, 3.63) is 35.4 Å². The fourth-order valence-corrected chi connectivity index (χ4v) is 3.03. The molecule has 24 heavy (non-hydrogen) atoms. The van der Waals surface area contributed by atoms with Gasteiger partial charge in [-0.3, -0.25) is 0 Å². The summed E-state index contributed by atoms with van der Waals surface area (Å²) in [6.07, 6.45) is 1.51. The Balaban J connectivity index is 3.22. The summed E-state index contributed by atoms with van der Waals surface area (Å²) in [6, 6.07) is 2.30. The van der Waals surface area contributed by atoms with E-state index >= 15 is 0 Å². The van der Waals surface area contributed by atoms with E-state index < -0.39 is 15.8 Å². The van der Waals surface area contributed by atoms with Crippen molar-refractivity contribution >= 4 is 33.1 Å². The van der Waals surface area contributed by atoms with Gasteiger partial charge in [0.25, 0.3) is 0 Å². The van der Waals surface area contributed by atoms with Crippen LogP contribution in [0.2, 0.25) is 5.02 Å². The third-order valence-corrected chi connectivity index (χ3v) is 4.97. The molecule has 1 rings (SSSR count). The van der Waals surface area contributed by atoms with Crippen LogP contribution in [-0.4, -0.2) is 44.2 Å². The lowest BCUT2D eigenvalue weighted by Gasteiger charge is -2.14. The number of hydrogen-bond donors (Lipinski definition) is 1. The molecule has 0 spiro atoms. The van der Waals surface area contributed by atoms with E-state index in [0.29, 0.717) is 5.71 Å². The minimum absolute atomic E-state index is 0.119. The smallest absolute Gasteiger partial charge is 0.337 e. The Morgan fingerprint density at radius 3 is 2.67 bits per heavy atom. The molecule has 0 aliphatic carbocycles. The molecule has 1 aromatic rings. The summed E-state index contributed by atoms with van der Waals surface area (Å²) in [4.78, 5) is 15.9. The number of rotatable bonds is 9. The van der Waals surface area contributed by atoms with Crippen LogP contribution in [-0.2, 0) is 14.7 Å². The molecule has 0 unspecified atom stereocenters. The lowest BCUT2D eigenvalue weighted by molar-refractivity contribution is 0.0696. The normalized spacial score (nSPS) is 11.9. The molecule has 0 bridgehead atoms. The average Bonchev–Trinajstić information content (AvgIpc) is 2.53. The Morgan fingerprint density at radius 2 is 2.12 bits per heavy atom. The average molecular weight is 376 g/mol. The highest BCUT2D eigenvalue weighted by atomic mass is 35.5. The van der Waals surface area contributed by atoms with Crippen LogP contribution in [0.15, 0.2) is 34.8 Å². The van der Waals surface area contributed by atoms with E-state index in [2.05, 4.69) is 11.7 Å². The summed E-state index contributed by atoms with van der Waals surface area (Å²) in [5.74, 6) is -1.68. The highest BCUT2D eigenvalue weighted by molar-refractivity contribution is 7.91. The number of halogens is 1. The molecule has 7 nitrogen and oxygen atoms in total. The molecule has 0 aromatic heterocycles. The lowest BCUT2D eigenvalue weighted by Crippen LogP contribution is -2.14. The van der Waals surface area contributed by atoms with Gasteiger partial charge in [-0.1, -0.05) is 36.3 Å². The van der Waals surface area contributed by atoms with Crippen LogP contribution >= 0.6 is 11.6 Å². The topological polar surface area (TPSA) is 102 Å². The highest BCUT2D eigenvalue weighted by Crippen LogP contribution is 2.35. The maximum absolute atomic E-state index is 12.2. The van der Waals surface area contributed by atoms with E-state index in [1.807, 2.05) is 0 Å². The van der Waals surface area contributed by atoms with Crippen molar-refractivity contribution < 1.29 is 27.9 Å². The molecule has 0 aliphatic heterocycles. The molecule has 0 saturated carbocycles. The Kier molecular flexibility index (Phi) is 7.24. The third kappa shape index (κ3) is 4.97. The second kappa shape index (κ2) is 8.70. The van der Waals surface area contributed by atoms with Gasteiger partial charge in [-0.2, -0.15) is 0 Å². The van der Waals surface area contributed by atoms with Gasteiger partial charge in [0, 0.05) is 0 Å². The van der Waals surface area contributed by atoms with Gasteiger partial charge in [-0.05, 0) is 19.1 Å². The molecule has 1 aromatic carbocycles. The van der Waals surface area contributed by atoms with Crippen LogP contribution in [0.5, 0.6) is 5.75 Å². The van der Waals surface area contributed by atoms with Gasteiger partial charge in [-0.25, -0.2) is 13.2 Å². The molecular formula is C15H18ClNO6S. The van der Waals surface area contributed by atoms with Gasteiger partial charge < -0.3 is 14.7 Å². The largest absolute Gasteiger partial charge is 0.485 e. The van der Waals surface area contributed by atoms with Gasteiger partial charge in [0.1, 0.15) is 18.1 Å². The van der Waals surface area contributed by atoms with E-state index in [0.717, 1.165) is 6.07 Å². The van der Waals surface area contributed by atoms with Gasteiger partial charge in [0.15, 0.2) is 15.6 Å². The first-order chi connectivity index (χ1) is 11.2. The van der Waals surface area contributed by atoms with Crippen molar-refractivity contribution in [2.75, 3.05) is 19.0 Å². The molecule has 0 fully saturated rings. The van der Waals surface area contributed by atoms with Crippen LogP contribution < -0.4 is 4.74 Å². The summed E-state index contributed by atoms with van der Waals surface area (Å²) in [5, 5.41) is 12.6. The van der Waals surface area contributed by atoms with Crippen LogP contribution in [0.1, 0.15) is 24.2 Å². The van der Waals surface area contributed by atoms with Gasteiger partial charge in [-0.15, -0.1) is 0 Å². The molecule has 132 valence electrons. The standard InChI is InChI=1S/C15H18ClNO6S/c1-4-8-23-17-10(3)9-22-14-12(24(20,21)5-2)7-6-11(13(14)16)15(18)19/h4,6-7H,1,5,8-9H2,2-3H3,(H,18,19). The molecule has 0 radical (unpaired) electrons. The van der Waals surface area contributed by atoms with E-state index in [1.165, 1.54) is 19.1 Å². The summed E-state index contributed by atoms with van der Waals surface area (Å²) in [5.41, 5.74) is 0.160. The molecule has 9 heteroatoms. The molecular weight excluding hydrogens is 358 g/mol. The van der Waals surface area contributed by atoms with Crippen molar-refractivity contribution in [3.63, 3.8) is 0 Å². The number of benzene rings is 1. The number of sulfone groups is 1. The number of carboxylic acids is 1. The lowest BCUT2D eigenvalue weighted by atomic mass is 10.2. The first kappa shape index (κ1) is 20.0. The van der Waals surface area contributed by atoms with Crippen molar-refractivity contribution in [3.8, 4) is 5.75 Å². The third-order valence-electron chi connectivity index (χ3n) is 2.84. The number of oxime groups is 1. The fourth-order valence-electron chi connectivity index (χ4n) is 1.64. The summed E-state index contributed by atoms with van der Waals surface area (Å²) in [7, 11) is -3.65. The van der Waals surface area contributed by atoms with E-state index in [4.69, 9.17) is 26.3 Å². The predicted octanol–water partition coefficient (Wildman–Crippen LogP) is 2.79. The molecule has 0 aliphatic rings. The summed E-state index contributed by atoms with van der Waals surface area (Å²) >= 11 is 6.03. The minimum atomic E-state index is -3.65. The van der Waals surface area contributed by atoms with Crippen LogP contribution in [0.25, 0.3) is 0 Å². The van der Waals surface area contributed by atoms with Gasteiger partial charge in [0.2, 0.25) is 0 Å². The molecule has 1 N–H and O–H groups in total. The SMILES string of the molecule is C=CCON=C(C)COc1c(S(=O)(=O)CC)ccc(C(=O)O)c1Cl. The Labute approximate surface area is 145 Å². The zero-order valence-electron chi connectivity index (χ0n) is 13.3. The zero-order valence-corrected chi connectivity index (χ0v) is 14.9. The maximum Gasteiger partial charge on any atom is 0.337 e. The number of hydrogen-bond acceptors (Lipinski definition) is 6. The van der Waals surface area contributed by atoms with Crippen molar-refractivity contribution in [1.82, 2.24) is 0 Å². The molecule has 0 amide bonds. The minimum Gasteiger partial charge on any atom is -0.485 e. The van der Waals surface area contributed by atoms with Crippen molar-refractivity contribution in [1.29, 1.82) is 0 Å². The van der Waals surface area contributed by atoms with Gasteiger partial charge in [0.05, 0.1) is 22.1 Å². The van der Waals surface area contributed by atoms with E-state index in [-0.39, 0.29) is 40.2 Å². The zero-order chi connectivity index (χ0) is 18.3. The molecule has 0 heterocycles. The number of carboxylic acid groups (broad SMARTS) is 1. The quantitative estimate of drug-likeness (QED) is 0.308.